The van der Waals surface area contributed by atoms with Crippen molar-refractivity contribution in [2.45, 2.75) is 24.6 Å². The van der Waals surface area contributed by atoms with E-state index in [4.69, 9.17) is 9.84 Å². The fourth-order valence-corrected chi connectivity index (χ4v) is 2.29. The minimum Gasteiger partial charge on any atom is -0.394 e. The molecule has 0 aromatic carbocycles. The number of hydrogen-bond donors (Lipinski definition) is 3. The van der Waals surface area contributed by atoms with Crippen molar-refractivity contribution < 1.29 is 19.3 Å². The smallest absolute Gasteiger partial charge is 0.351 e. The third-order valence-corrected chi connectivity index (χ3v) is 3.38. The van der Waals surface area contributed by atoms with Gasteiger partial charge in [-0.05, 0) is 6.07 Å². The maximum atomic E-state index is 14.0. The van der Waals surface area contributed by atoms with Gasteiger partial charge in [0.25, 0.3) is 0 Å². The van der Waals surface area contributed by atoms with Crippen LogP contribution in [0.25, 0.3) is 11.0 Å². The van der Waals surface area contributed by atoms with Crippen molar-refractivity contribution in [3.8, 4) is 0 Å². The Labute approximate surface area is 116 Å². The number of H-pyrrole nitrogens is 1. The van der Waals surface area contributed by atoms with Crippen molar-refractivity contribution in [3.63, 3.8) is 0 Å². The van der Waals surface area contributed by atoms with Crippen molar-refractivity contribution in [1.82, 2.24) is 14.5 Å². The Morgan fingerprint density at radius 3 is 2.86 bits per heavy atom. The van der Waals surface area contributed by atoms with Crippen LogP contribution >= 0.6 is 0 Å². The summed E-state index contributed by atoms with van der Waals surface area (Å²) in [5.74, 6) is 0. The molecule has 4 atom stereocenters. The number of nitrogens with zero attached hydrogens (tertiary/aromatic N) is 2. The van der Waals surface area contributed by atoms with E-state index in [-0.39, 0.29) is 5.65 Å². The topological polar surface area (TPSA) is 117 Å². The molecule has 1 saturated heterocycles. The summed E-state index contributed by atoms with van der Waals surface area (Å²) < 4.78 is 20.1. The number of aromatic nitrogens is 3. The molecule has 3 heterocycles. The van der Waals surface area contributed by atoms with E-state index in [2.05, 4.69) is 9.97 Å². The molecule has 0 saturated carbocycles. The Morgan fingerprint density at radius 1 is 1.43 bits per heavy atom. The Bertz CT molecular complexity index is 788. The Kier molecular flexibility index (Phi) is 3.32. The van der Waals surface area contributed by atoms with Gasteiger partial charge in [-0.15, -0.1) is 0 Å². The van der Waals surface area contributed by atoms with Crippen molar-refractivity contribution >= 4 is 11.0 Å². The number of aliphatic hydroxyl groups excluding tert-OH is 2. The highest BCUT2D eigenvalue weighted by atomic mass is 19.1. The monoisotopic (exact) mass is 297 g/mol. The molecule has 0 bridgehead atoms. The van der Waals surface area contributed by atoms with E-state index >= 15 is 0 Å². The average molecular weight is 297 g/mol. The summed E-state index contributed by atoms with van der Waals surface area (Å²) in [5, 5.41) is 19.0. The summed E-state index contributed by atoms with van der Waals surface area (Å²) in [6.45, 7) is -0.568. The minimum absolute atomic E-state index is 0.0800. The van der Waals surface area contributed by atoms with Crippen molar-refractivity contribution in [2.24, 2.45) is 0 Å². The molecule has 3 rings (SSSR count). The molecule has 2 aromatic rings. The average Bonchev–Trinajstić information content (AvgIpc) is 2.74. The van der Waals surface area contributed by atoms with E-state index in [1.165, 1.54) is 18.3 Å². The van der Waals surface area contributed by atoms with E-state index in [0.29, 0.717) is 5.39 Å². The molecule has 2 aromatic heterocycles. The molecule has 21 heavy (non-hydrogen) atoms. The van der Waals surface area contributed by atoms with Crippen LogP contribution in [0.5, 0.6) is 0 Å². The highest BCUT2D eigenvalue weighted by Crippen LogP contribution is 2.30. The van der Waals surface area contributed by atoms with Crippen LogP contribution in [-0.4, -0.2) is 49.7 Å². The maximum absolute atomic E-state index is 14.0. The second-order valence-corrected chi connectivity index (χ2v) is 4.74. The molecule has 9 heteroatoms. The molecule has 112 valence electrons. The van der Waals surface area contributed by atoms with Gasteiger partial charge in [-0.2, -0.15) is 4.98 Å². The minimum atomic E-state index is -1.87. The number of rotatable bonds is 2. The van der Waals surface area contributed by atoms with Crippen LogP contribution in [0.4, 0.5) is 4.39 Å². The summed E-state index contributed by atoms with van der Waals surface area (Å²) in [6.07, 6.45) is -4.61. The lowest BCUT2D eigenvalue weighted by Gasteiger charge is -2.16. The second-order valence-electron chi connectivity index (χ2n) is 4.74. The van der Waals surface area contributed by atoms with Crippen molar-refractivity contribution in [2.75, 3.05) is 6.61 Å². The van der Waals surface area contributed by atoms with Gasteiger partial charge < -0.3 is 19.9 Å². The van der Waals surface area contributed by atoms with Crippen LogP contribution < -0.4 is 11.2 Å². The Morgan fingerprint density at radius 2 is 2.19 bits per heavy atom. The first kappa shape index (κ1) is 13.9. The lowest BCUT2D eigenvalue weighted by molar-refractivity contribution is -0.0489. The zero-order valence-corrected chi connectivity index (χ0v) is 10.6. The fraction of sp³-hybridized carbons (Fsp3) is 0.417. The SMILES string of the molecule is O=c1ccc2cn([C@@H]3OC(CO)[C@@H](O)[C@H]3F)c(=O)nc2[nH]1. The number of pyridine rings is 1. The fourth-order valence-electron chi connectivity index (χ4n) is 2.29. The lowest BCUT2D eigenvalue weighted by atomic mass is 10.1. The summed E-state index contributed by atoms with van der Waals surface area (Å²) >= 11 is 0. The molecular weight excluding hydrogens is 285 g/mol. The largest absolute Gasteiger partial charge is 0.394 e. The van der Waals surface area contributed by atoms with Crippen LogP contribution in [-0.2, 0) is 4.74 Å². The molecule has 1 unspecified atom stereocenters. The standard InChI is InChI=1S/C12H12FN3O5/c13-8-9(19)6(4-17)21-11(8)16-3-5-1-2-7(18)14-10(5)15-12(16)20/h1-3,6,8-9,11,17,19H,4H2,(H,14,15,18,20)/t6?,8-,9-,11-/m1/s1. The third kappa shape index (κ3) is 2.24. The number of nitrogens with one attached hydrogen (secondary N) is 1. The number of aromatic amines is 1. The van der Waals surface area contributed by atoms with Gasteiger partial charge in [-0.25, -0.2) is 9.18 Å². The predicted octanol–water partition coefficient (Wildman–Crippen LogP) is -1.33. The summed E-state index contributed by atoms with van der Waals surface area (Å²) in [6, 6.07) is 2.67. The highest BCUT2D eigenvalue weighted by molar-refractivity contribution is 5.72. The van der Waals surface area contributed by atoms with Crippen LogP contribution in [0.3, 0.4) is 0 Å². The number of alkyl halides is 1. The molecule has 1 aliphatic heterocycles. The zero-order valence-electron chi connectivity index (χ0n) is 10.6. The van der Waals surface area contributed by atoms with Gasteiger partial charge in [-0.1, -0.05) is 0 Å². The molecule has 1 fully saturated rings. The van der Waals surface area contributed by atoms with Gasteiger partial charge in [0.1, 0.15) is 17.9 Å². The van der Waals surface area contributed by atoms with Crippen LogP contribution in [0.1, 0.15) is 6.23 Å². The zero-order chi connectivity index (χ0) is 15.1. The summed E-state index contributed by atoms with van der Waals surface area (Å²) in [4.78, 5) is 29.1. The van der Waals surface area contributed by atoms with Crippen molar-refractivity contribution in [3.05, 3.63) is 39.2 Å². The van der Waals surface area contributed by atoms with Gasteiger partial charge in [0, 0.05) is 17.6 Å². The number of halogens is 1. The first-order valence-corrected chi connectivity index (χ1v) is 6.22. The summed E-state index contributed by atoms with van der Waals surface area (Å²) in [7, 11) is 0. The van der Waals surface area contributed by atoms with E-state index in [1.54, 1.807) is 0 Å². The van der Waals surface area contributed by atoms with Crippen molar-refractivity contribution in [1.29, 1.82) is 0 Å². The normalized spacial score (nSPS) is 29.1. The first-order chi connectivity index (χ1) is 10.0. The first-order valence-electron chi connectivity index (χ1n) is 6.22. The molecule has 3 N–H and O–H groups in total. The summed E-state index contributed by atoms with van der Waals surface area (Å²) in [5.41, 5.74) is -1.16. The maximum Gasteiger partial charge on any atom is 0.351 e. The van der Waals surface area contributed by atoms with E-state index in [9.17, 15) is 19.1 Å². The number of aliphatic hydroxyl groups is 2. The van der Waals surface area contributed by atoms with Gasteiger partial charge >= 0.3 is 5.69 Å². The third-order valence-electron chi connectivity index (χ3n) is 3.38. The molecule has 0 radical (unpaired) electrons. The van der Waals surface area contributed by atoms with Gasteiger partial charge in [0.05, 0.1) is 6.61 Å². The van der Waals surface area contributed by atoms with E-state index in [1.807, 2.05) is 0 Å². The molecular formula is C12H12FN3O5. The number of hydrogen-bond acceptors (Lipinski definition) is 6. The highest BCUT2D eigenvalue weighted by Gasteiger charge is 2.45. The van der Waals surface area contributed by atoms with Gasteiger partial charge in [-0.3, -0.25) is 9.36 Å². The second kappa shape index (κ2) is 5.02. The van der Waals surface area contributed by atoms with Crippen LogP contribution in [0.2, 0.25) is 0 Å². The van der Waals surface area contributed by atoms with Crippen LogP contribution in [0.15, 0.2) is 27.9 Å². The molecule has 8 nitrogen and oxygen atoms in total. The molecule has 0 aliphatic carbocycles. The van der Waals surface area contributed by atoms with E-state index < -0.39 is 42.5 Å². The number of fused-ring (bicyclic) bond motifs is 1. The van der Waals surface area contributed by atoms with Crippen LogP contribution in [0, 0.1) is 0 Å². The molecule has 0 spiro atoms. The predicted molar refractivity (Wildman–Crippen MR) is 68.5 cm³/mol. The Balaban J connectivity index is 2.09. The molecule has 0 amide bonds. The quantitative estimate of drug-likeness (QED) is 0.632. The Hall–Kier alpha value is -2.10. The lowest BCUT2D eigenvalue weighted by Crippen LogP contribution is -2.33. The van der Waals surface area contributed by atoms with E-state index in [0.717, 1.165) is 4.57 Å². The van der Waals surface area contributed by atoms with Gasteiger partial charge in [0.2, 0.25) is 5.56 Å². The number of ether oxygens (including phenoxy) is 1. The molecule has 1 aliphatic rings. The van der Waals surface area contributed by atoms with Gasteiger partial charge in [0.15, 0.2) is 12.4 Å².